The van der Waals surface area contributed by atoms with Gasteiger partial charge in [0.25, 0.3) is 5.69 Å². The first-order valence-electron chi connectivity index (χ1n) is 5.75. The number of methoxy groups -OCH3 is 1. The van der Waals surface area contributed by atoms with Crippen molar-refractivity contribution in [3.63, 3.8) is 0 Å². The summed E-state index contributed by atoms with van der Waals surface area (Å²) in [4.78, 5) is 31.6. The molecule has 0 fully saturated rings. The lowest BCUT2D eigenvalue weighted by atomic mass is 10.1. The molecule has 8 heteroatoms. The van der Waals surface area contributed by atoms with E-state index in [1.54, 1.807) is 0 Å². The standard InChI is InChI=1S/C13H13NO7/c1-8(13(16)17)3-4-21-12-6-10(14(18)19)9(7-15)5-11(12)20-2/h3,5-7H,4H2,1-2H3,(H,16,17). The predicted molar refractivity (Wildman–Crippen MR) is 71.9 cm³/mol. The topological polar surface area (TPSA) is 116 Å². The SMILES string of the molecule is COc1cc(C=O)c([N+](=O)[O-])cc1OCC=C(C)C(=O)O. The number of nitro groups is 1. The van der Waals surface area contributed by atoms with Gasteiger partial charge in [-0.2, -0.15) is 0 Å². The van der Waals surface area contributed by atoms with Gasteiger partial charge in [0.15, 0.2) is 17.8 Å². The van der Waals surface area contributed by atoms with Gasteiger partial charge in [-0.1, -0.05) is 0 Å². The highest BCUT2D eigenvalue weighted by molar-refractivity contribution is 5.85. The lowest BCUT2D eigenvalue weighted by Gasteiger charge is -2.10. The van der Waals surface area contributed by atoms with Crippen LogP contribution < -0.4 is 9.47 Å². The highest BCUT2D eigenvalue weighted by atomic mass is 16.6. The second kappa shape index (κ2) is 7.04. The van der Waals surface area contributed by atoms with Crippen LogP contribution in [0.3, 0.4) is 0 Å². The summed E-state index contributed by atoms with van der Waals surface area (Å²) in [5.41, 5.74) is -0.478. The molecule has 0 aliphatic heterocycles. The van der Waals surface area contributed by atoms with E-state index in [-0.39, 0.29) is 29.2 Å². The number of rotatable bonds is 7. The molecule has 1 aromatic carbocycles. The number of nitrogens with zero attached hydrogens (tertiary/aromatic N) is 1. The third-order valence-corrected chi connectivity index (χ3v) is 2.60. The number of hydrogen-bond donors (Lipinski definition) is 1. The number of nitro benzene ring substituents is 1. The van der Waals surface area contributed by atoms with Crippen LogP contribution in [-0.2, 0) is 4.79 Å². The molecule has 0 saturated heterocycles. The number of aliphatic carboxylic acids is 1. The number of carboxylic acids is 1. The van der Waals surface area contributed by atoms with Gasteiger partial charge in [0.05, 0.1) is 23.7 Å². The predicted octanol–water partition coefficient (Wildman–Crippen LogP) is 1.83. The maximum Gasteiger partial charge on any atom is 0.331 e. The first-order chi connectivity index (χ1) is 9.90. The van der Waals surface area contributed by atoms with Crippen LogP contribution in [-0.4, -0.2) is 36.0 Å². The summed E-state index contributed by atoms with van der Waals surface area (Å²) in [5, 5.41) is 19.6. The number of ether oxygens (including phenoxy) is 2. The fraction of sp³-hybridized carbons (Fsp3) is 0.231. The maximum absolute atomic E-state index is 10.9. The van der Waals surface area contributed by atoms with Crippen LogP contribution in [0.4, 0.5) is 5.69 Å². The second-order valence-electron chi connectivity index (χ2n) is 3.94. The second-order valence-corrected chi connectivity index (χ2v) is 3.94. The average molecular weight is 295 g/mol. The Labute approximate surface area is 119 Å². The van der Waals surface area contributed by atoms with Crippen molar-refractivity contribution < 1.29 is 29.1 Å². The third-order valence-electron chi connectivity index (χ3n) is 2.60. The van der Waals surface area contributed by atoms with Crippen LogP contribution in [0.25, 0.3) is 0 Å². The molecule has 1 rings (SSSR count). The molecule has 0 radical (unpaired) electrons. The summed E-state index contributed by atoms with van der Waals surface area (Å²) < 4.78 is 10.2. The van der Waals surface area contributed by atoms with Crippen LogP contribution in [0.5, 0.6) is 11.5 Å². The molecule has 1 N–H and O–H groups in total. The Morgan fingerprint density at radius 2 is 2.10 bits per heavy atom. The molecule has 0 spiro atoms. The zero-order valence-electron chi connectivity index (χ0n) is 11.4. The first kappa shape index (κ1) is 16.2. The van der Waals surface area contributed by atoms with Crippen molar-refractivity contribution in [2.24, 2.45) is 0 Å². The molecule has 1 aromatic rings. The van der Waals surface area contributed by atoms with Gasteiger partial charge in [0, 0.05) is 11.6 Å². The Kier molecular flexibility index (Phi) is 5.41. The number of carboxylic acid groups (broad SMARTS) is 1. The quantitative estimate of drug-likeness (QED) is 0.353. The van der Waals surface area contributed by atoms with Crippen molar-refractivity contribution in [3.05, 3.63) is 39.5 Å². The van der Waals surface area contributed by atoms with E-state index in [4.69, 9.17) is 14.6 Å². The summed E-state index contributed by atoms with van der Waals surface area (Å²) >= 11 is 0. The Bertz CT molecular complexity index is 607. The molecule has 0 aliphatic rings. The van der Waals surface area contributed by atoms with E-state index >= 15 is 0 Å². The Hall–Kier alpha value is -2.90. The van der Waals surface area contributed by atoms with Crippen LogP contribution in [0, 0.1) is 10.1 Å². The molecule has 8 nitrogen and oxygen atoms in total. The number of carbonyl (C=O) groups excluding carboxylic acids is 1. The van der Waals surface area contributed by atoms with E-state index in [9.17, 15) is 19.7 Å². The molecule has 0 aliphatic carbocycles. The average Bonchev–Trinajstić information content (AvgIpc) is 2.46. The van der Waals surface area contributed by atoms with E-state index in [1.165, 1.54) is 26.2 Å². The van der Waals surface area contributed by atoms with Crippen LogP contribution >= 0.6 is 0 Å². The van der Waals surface area contributed by atoms with Crippen LogP contribution in [0.1, 0.15) is 17.3 Å². The summed E-state index contributed by atoms with van der Waals surface area (Å²) in [5.74, 6) is -0.902. The minimum atomic E-state index is -1.09. The molecule has 21 heavy (non-hydrogen) atoms. The van der Waals surface area contributed by atoms with Gasteiger partial charge in [0.2, 0.25) is 0 Å². The van der Waals surface area contributed by atoms with E-state index in [1.807, 2.05) is 0 Å². The number of hydrogen-bond acceptors (Lipinski definition) is 6. The minimum absolute atomic E-state index is 0.0456. The molecular weight excluding hydrogens is 282 g/mol. The summed E-state index contributed by atoms with van der Waals surface area (Å²) in [7, 11) is 1.32. The Morgan fingerprint density at radius 1 is 1.43 bits per heavy atom. The van der Waals surface area contributed by atoms with Gasteiger partial charge in [-0.05, 0) is 13.0 Å². The lowest BCUT2D eigenvalue weighted by molar-refractivity contribution is -0.385. The van der Waals surface area contributed by atoms with Crippen molar-refractivity contribution in [1.82, 2.24) is 0 Å². The smallest absolute Gasteiger partial charge is 0.331 e. The molecule has 112 valence electrons. The highest BCUT2D eigenvalue weighted by Gasteiger charge is 2.19. The fourth-order valence-corrected chi connectivity index (χ4v) is 1.43. The van der Waals surface area contributed by atoms with Crippen molar-refractivity contribution in [2.45, 2.75) is 6.92 Å². The van der Waals surface area contributed by atoms with Gasteiger partial charge in [-0.25, -0.2) is 4.79 Å². The van der Waals surface area contributed by atoms with Gasteiger partial charge in [0.1, 0.15) is 6.61 Å². The van der Waals surface area contributed by atoms with E-state index in [2.05, 4.69) is 0 Å². The number of aldehydes is 1. The van der Waals surface area contributed by atoms with E-state index in [0.717, 1.165) is 6.07 Å². The van der Waals surface area contributed by atoms with Crippen LogP contribution in [0.2, 0.25) is 0 Å². The normalized spacial score (nSPS) is 10.9. The number of benzene rings is 1. The molecule has 0 heterocycles. The lowest BCUT2D eigenvalue weighted by Crippen LogP contribution is -2.03. The summed E-state index contributed by atoms with van der Waals surface area (Å²) in [6.45, 7) is 1.28. The Morgan fingerprint density at radius 3 is 2.57 bits per heavy atom. The summed E-state index contributed by atoms with van der Waals surface area (Å²) in [6, 6.07) is 2.25. The molecule has 0 unspecified atom stereocenters. The van der Waals surface area contributed by atoms with Gasteiger partial charge >= 0.3 is 5.97 Å². The first-order valence-corrected chi connectivity index (χ1v) is 5.75. The van der Waals surface area contributed by atoms with Gasteiger partial charge in [-0.3, -0.25) is 14.9 Å². The van der Waals surface area contributed by atoms with Crippen molar-refractivity contribution in [1.29, 1.82) is 0 Å². The molecular formula is C13H13NO7. The number of carbonyl (C=O) groups is 2. The monoisotopic (exact) mass is 295 g/mol. The zero-order chi connectivity index (χ0) is 16.0. The fourth-order valence-electron chi connectivity index (χ4n) is 1.43. The molecule has 0 saturated carbocycles. The largest absolute Gasteiger partial charge is 0.493 e. The van der Waals surface area contributed by atoms with Crippen molar-refractivity contribution in [3.8, 4) is 11.5 Å². The van der Waals surface area contributed by atoms with E-state index < -0.39 is 16.6 Å². The molecule has 0 aromatic heterocycles. The van der Waals surface area contributed by atoms with Crippen molar-refractivity contribution in [2.75, 3.05) is 13.7 Å². The minimum Gasteiger partial charge on any atom is -0.493 e. The molecule has 0 atom stereocenters. The Balaban J connectivity index is 3.08. The van der Waals surface area contributed by atoms with Crippen LogP contribution in [0.15, 0.2) is 23.8 Å². The zero-order valence-corrected chi connectivity index (χ0v) is 11.4. The van der Waals surface area contributed by atoms with Crippen molar-refractivity contribution >= 4 is 17.9 Å². The summed E-state index contributed by atoms with van der Waals surface area (Å²) in [6.07, 6.45) is 1.65. The third kappa shape index (κ3) is 4.03. The van der Waals surface area contributed by atoms with Gasteiger partial charge < -0.3 is 14.6 Å². The highest BCUT2D eigenvalue weighted by Crippen LogP contribution is 2.34. The molecule has 0 bridgehead atoms. The maximum atomic E-state index is 10.9. The van der Waals surface area contributed by atoms with Gasteiger partial charge in [-0.15, -0.1) is 0 Å². The van der Waals surface area contributed by atoms with E-state index in [0.29, 0.717) is 6.29 Å². The molecule has 0 amide bonds.